The molecule has 2 unspecified atom stereocenters. The molecule has 0 aliphatic heterocycles. The van der Waals surface area contributed by atoms with Gasteiger partial charge < -0.3 is 24.9 Å². The summed E-state index contributed by atoms with van der Waals surface area (Å²) in [6.07, 6.45) is 2.29. The molecule has 1 heterocycles. The fraction of sp³-hybridized carbons (Fsp3) is 0.294. The average molecular weight is 330 g/mol. The number of primary amides is 1. The molecule has 0 radical (unpaired) electrons. The van der Waals surface area contributed by atoms with Crippen molar-refractivity contribution in [2.24, 2.45) is 11.7 Å². The quantitative estimate of drug-likeness (QED) is 0.844. The van der Waals surface area contributed by atoms with Crippen LogP contribution in [0.1, 0.15) is 28.5 Å². The number of hydrogen-bond donors (Lipinski definition) is 2. The Bertz CT molecular complexity index is 770. The number of ether oxygens (including phenoxy) is 2. The van der Waals surface area contributed by atoms with E-state index in [1.807, 2.05) is 6.07 Å². The molecule has 1 aliphatic rings. The Balaban J connectivity index is 1.81. The highest BCUT2D eigenvalue weighted by atomic mass is 16.5. The molecule has 1 saturated carbocycles. The zero-order chi connectivity index (χ0) is 17.3. The standard InChI is InChI=1S/C17H18N2O5/c1-22-14-7-11(16(18)20)12(8-15(14)23-2)19-17(21)10-6-9(10)13-4-3-5-24-13/h3-5,7-10H,6H2,1-2H3,(H2,18,20)(H,19,21). The highest BCUT2D eigenvalue weighted by Gasteiger charge is 2.46. The van der Waals surface area contributed by atoms with Gasteiger partial charge in [-0.1, -0.05) is 0 Å². The van der Waals surface area contributed by atoms with Crippen molar-refractivity contribution in [1.29, 1.82) is 0 Å². The first-order valence-corrected chi connectivity index (χ1v) is 7.45. The Morgan fingerprint density at radius 1 is 1.25 bits per heavy atom. The normalized spacial score (nSPS) is 18.8. The highest BCUT2D eigenvalue weighted by molar-refractivity contribution is 6.05. The lowest BCUT2D eigenvalue weighted by Crippen LogP contribution is -2.20. The number of nitrogens with one attached hydrogen (secondary N) is 1. The van der Waals surface area contributed by atoms with Gasteiger partial charge in [-0.15, -0.1) is 0 Å². The number of anilines is 1. The molecule has 0 saturated heterocycles. The number of amides is 2. The average Bonchev–Trinajstić information content (AvgIpc) is 3.19. The van der Waals surface area contributed by atoms with E-state index in [9.17, 15) is 9.59 Å². The second-order valence-electron chi connectivity index (χ2n) is 5.57. The lowest BCUT2D eigenvalue weighted by molar-refractivity contribution is -0.117. The third-order valence-corrected chi connectivity index (χ3v) is 4.08. The van der Waals surface area contributed by atoms with Gasteiger partial charge in [0.2, 0.25) is 5.91 Å². The minimum absolute atomic E-state index is 0.0668. The van der Waals surface area contributed by atoms with Crippen molar-refractivity contribution in [2.75, 3.05) is 19.5 Å². The lowest BCUT2D eigenvalue weighted by Gasteiger charge is -2.14. The van der Waals surface area contributed by atoms with Gasteiger partial charge in [-0.3, -0.25) is 9.59 Å². The van der Waals surface area contributed by atoms with Crippen LogP contribution < -0.4 is 20.5 Å². The molecule has 24 heavy (non-hydrogen) atoms. The first-order valence-electron chi connectivity index (χ1n) is 7.45. The Hall–Kier alpha value is -2.96. The minimum Gasteiger partial charge on any atom is -0.493 e. The summed E-state index contributed by atoms with van der Waals surface area (Å²) in [7, 11) is 2.93. The zero-order valence-corrected chi connectivity index (χ0v) is 13.4. The first-order chi connectivity index (χ1) is 11.5. The number of furan rings is 1. The van der Waals surface area contributed by atoms with E-state index < -0.39 is 5.91 Å². The van der Waals surface area contributed by atoms with Crippen LogP contribution in [0.25, 0.3) is 0 Å². The number of methoxy groups -OCH3 is 2. The fourth-order valence-corrected chi connectivity index (χ4v) is 2.71. The Kier molecular flexibility index (Phi) is 4.16. The van der Waals surface area contributed by atoms with E-state index in [4.69, 9.17) is 19.6 Å². The molecule has 1 aliphatic carbocycles. The molecule has 3 rings (SSSR count). The smallest absolute Gasteiger partial charge is 0.250 e. The van der Waals surface area contributed by atoms with Crippen molar-refractivity contribution in [3.8, 4) is 11.5 Å². The molecule has 1 fully saturated rings. The number of nitrogens with two attached hydrogens (primary N) is 1. The molecule has 7 nitrogen and oxygen atoms in total. The van der Waals surface area contributed by atoms with E-state index in [1.165, 1.54) is 26.4 Å². The monoisotopic (exact) mass is 330 g/mol. The summed E-state index contributed by atoms with van der Waals surface area (Å²) < 4.78 is 15.7. The van der Waals surface area contributed by atoms with Crippen LogP contribution in [0, 0.1) is 5.92 Å². The van der Waals surface area contributed by atoms with Gasteiger partial charge in [0.1, 0.15) is 5.76 Å². The van der Waals surface area contributed by atoms with Crippen LogP contribution >= 0.6 is 0 Å². The van der Waals surface area contributed by atoms with Gasteiger partial charge in [-0.2, -0.15) is 0 Å². The molecule has 2 atom stereocenters. The van der Waals surface area contributed by atoms with Crippen molar-refractivity contribution in [2.45, 2.75) is 12.3 Å². The summed E-state index contributed by atoms with van der Waals surface area (Å²) in [5, 5.41) is 2.75. The fourth-order valence-electron chi connectivity index (χ4n) is 2.71. The third kappa shape index (κ3) is 2.92. The van der Waals surface area contributed by atoms with Gasteiger partial charge in [-0.25, -0.2) is 0 Å². The summed E-state index contributed by atoms with van der Waals surface area (Å²) in [5.74, 6) is 0.579. The predicted octanol–water partition coefficient (Wildman–Crippen LogP) is 2.14. The summed E-state index contributed by atoms with van der Waals surface area (Å²) in [6.45, 7) is 0. The lowest BCUT2D eigenvalue weighted by atomic mass is 10.1. The summed E-state index contributed by atoms with van der Waals surface area (Å²) in [5.41, 5.74) is 5.86. The van der Waals surface area contributed by atoms with Gasteiger partial charge in [0.05, 0.1) is 31.7 Å². The van der Waals surface area contributed by atoms with Crippen molar-refractivity contribution >= 4 is 17.5 Å². The van der Waals surface area contributed by atoms with Crippen LogP contribution in [0.4, 0.5) is 5.69 Å². The molecule has 2 amide bonds. The van der Waals surface area contributed by atoms with Crippen molar-refractivity contribution in [3.63, 3.8) is 0 Å². The van der Waals surface area contributed by atoms with Gasteiger partial charge in [-0.05, 0) is 24.6 Å². The second kappa shape index (κ2) is 6.27. The number of carbonyl (C=O) groups is 2. The first kappa shape index (κ1) is 15.9. The number of rotatable bonds is 6. The molecular weight excluding hydrogens is 312 g/mol. The van der Waals surface area contributed by atoms with E-state index in [2.05, 4.69) is 5.32 Å². The Morgan fingerprint density at radius 2 is 1.96 bits per heavy atom. The number of hydrogen-bond acceptors (Lipinski definition) is 5. The van der Waals surface area contributed by atoms with E-state index in [0.29, 0.717) is 23.6 Å². The van der Waals surface area contributed by atoms with Crippen LogP contribution in [0.2, 0.25) is 0 Å². The molecular formula is C17H18N2O5. The molecule has 2 aromatic rings. The van der Waals surface area contributed by atoms with Gasteiger partial charge in [0.25, 0.3) is 5.91 Å². The van der Waals surface area contributed by atoms with Crippen LogP contribution in [-0.2, 0) is 4.79 Å². The topological polar surface area (TPSA) is 104 Å². The van der Waals surface area contributed by atoms with Crippen LogP contribution in [0.3, 0.4) is 0 Å². The van der Waals surface area contributed by atoms with Crippen LogP contribution in [-0.4, -0.2) is 26.0 Å². The van der Waals surface area contributed by atoms with E-state index in [1.54, 1.807) is 12.3 Å². The molecule has 3 N–H and O–H groups in total. The van der Waals surface area contributed by atoms with Gasteiger partial charge in [0, 0.05) is 17.9 Å². The van der Waals surface area contributed by atoms with Crippen molar-refractivity contribution in [1.82, 2.24) is 0 Å². The van der Waals surface area contributed by atoms with E-state index in [-0.39, 0.29) is 23.3 Å². The molecule has 1 aromatic carbocycles. The third-order valence-electron chi connectivity index (χ3n) is 4.08. The minimum atomic E-state index is -0.662. The van der Waals surface area contributed by atoms with Gasteiger partial charge >= 0.3 is 0 Å². The van der Waals surface area contributed by atoms with Crippen LogP contribution in [0.5, 0.6) is 11.5 Å². The van der Waals surface area contributed by atoms with E-state index in [0.717, 1.165) is 5.76 Å². The van der Waals surface area contributed by atoms with Crippen molar-refractivity contribution < 1.29 is 23.5 Å². The molecule has 1 aromatic heterocycles. The molecule has 7 heteroatoms. The van der Waals surface area contributed by atoms with Crippen LogP contribution in [0.15, 0.2) is 34.9 Å². The second-order valence-corrected chi connectivity index (χ2v) is 5.57. The maximum Gasteiger partial charge on any atom is 0.250 e. The zero-order valence-electron chi connectivity index (χ0n) is 13.4. The summed E-state index contributed by atoms with van der Waals surface area (Å²) in [4.78, 5) is 24.1. The maximum absolute atomic E-state index is 12.4. The molecule has 126 valence electrons. The maximum atomic E-state index is 12.4. The Labute approximate surface area is 138 Å². The molecule has 0 bridgehead atoms. The number of benzene rings is 1. The summed E-state index contributed by atoms with van der Waals surface area (Å²) >= 11 is 0. The molecule has 0 spiro atoms. The summed E-state index contributed by atoms with van der Waals surface area (Å²) in [6, 6.07) is 6.63. The van der Waals surface area contributed by atoms with E-state index >= 15 is 0 Å². The van der Waals surface area contributed by atoms with Crippen molar-refractivity contribution in [3.05, 3.63) is 41.9 Å². The highest BCUT2D eigenvalue weighted by Crippen LogP contribution is 2.48. The van der Waals surface area contributed by atoms with Gasteiger partial charge in [0.15, 0.2) is 11.5 Å². The number of carbonyl (C=O) groups excluding carboxylic acids is 2. The SMILES string of the molecule is COc1cc(NC(=O)C2CC2c2ccco2)c(C(N)=O)cc1OC. The Morgan fingerprint density at radius 3 is 2.54 bits per heavy atom. The largest absolute Gasteiger partial charge is 0.493 e. The predicted molar refractivity (Wildman–Crippen MR) is 86.2 cm³/mol.